The molecule has 1 aliphatic carbocycles. The van der Waals surface area contributed by atoms with Gasteiger partial charge < -0.3 is 5.32 Å². The molecule has 1 atom stereocenters. The van der Waals surface area contributed by atoms with Crippen LogP contribution < -0.4 is 5.32 Å². The maximum atomic E-state index is 5.82. The van der Waals surface area contributed by atoms with E-state index in [1.165, 1.54) is 25.7 Å². The van der Waals surface area contributed by atoms with Crippen LogP contribution in [0.5, 0.6) is 0 Å². The van der Waals surface area contributed by atoms with E-state index in [1.54, 1.807) is 6.20 Å². The molecule has 1 heterocycles. The summed E-state index contributed by atoms with van der Waals surface area (Å²) in [6, 6.07) is 0.443. The van der Waals surface area contributed by atoms with Gasteiger partial charge in [-0.25, -0.2) is 4.98 Å². The summed E-state index contributed by atoms with van der Waals surface area (Å²) in [5, 5.41) is 3.78. The fraction of sp³-hybridized carbons (Fsp3) is 0.667. The summed E-state index contributed by atoms with van der Waals surface area (Å²) in [6.07, 6.45) is 6.71. The summed E-state index contributed by atoms with van der Waals surface area (Å²) in [5.74, 6) is 0.796. The van der Waals surface area contributed by atoms with Crippen molar-refractivity contribution >= 4 is 33.3 Å². The van der Waals surface area contributed by atoms with Gasteiger partial charge in [0.25, 0.3) is 0 Å². The normalized spacial score (nSPS) is 23.4. The molecule has 1 aromatic rings. The Labute approximate surface area is 116 Å². The standard InChI is InChI=1S/C12H17BrClN3/c1-12(2)6-4-3-5-9(12)16-10-8(13)7-15-11(14)17-10/h7,9H,3-6H2,1-2H3,(H,15,16,17). The molecule has 1 saturated carbocycles. The molecule has 94 valence electrons. The van der Waals surface area contributed by atoms with Crippen LogP contribution in [0.25, 0.3) is 0 Å². The maximum absolute atomic E-state index is 5.82. The molecule has 0 aliphatic heterocycles. The van der Waals surface area contributed by atoms with Gasteiger partial charge in [-0.15, -0.1) is 0 Å². The predicted molar refractivity (Wildman–Crippen MR) is 74.4 cm³/mol. The van der Waals surface area contributed by atoms with Crippen molar-refractivity contribution in [1.82, 2.24) is 9.97 Å². The molecular weight excluding hydrogens is 302 g/mol. The Morgan fingerprint density at radius 3 is 2.94 bits per heavy atom. The zero-order valence-corrected chi connectivity index (χ0v) is 12.5. The van der Waals surface area contributed by atoms with Crippen LogP contribution >= 0.6 is 27.5 Å². The van der Waals surface area contributed by atoms with E-state index >= 15 is 0 Å². The molecule has 17 heavy (non-hydrogen) atoms. The zero-order valence-electron chi connectivity index (χ0n) is 10.1. The van der Waals surface area contributed by atoms with Crippen LogP contribution in [0.2, 0.25) is 5.28 Å². The number of nitrogens with one attached hydrogen (secondary N) is 1. The van der Waals surface area contributed by atoms with Gasteiger partial charge in [0.15, 0.2) is 0 Å². The van der Waals surface area contributed by atoms with Crippen LogP contribution in [-0.4, -0.2) is 16.0 Å². The second kappa shape index (κ2) is 5.11. The molecule has 0 amide bonds. The van der Waals surface area contributed by atoms with Crippen LogP contribution in [0.15, 0.2) is 10.7 Å². The van der Waals surface area contributed by atoms with E-state index < -0.39 is 0 Å². The highest BCUT2D eigenvalue weighted by atomic mass is 79.9. The molecule has 1 aliphatic rings. The minimum Gasteiger partial charge on any atom is -0.366 e. The summed E-state index contributed by atoms with van der Waals surface area (Å²) < 4.78 is 0.864. The summed E-state index contributed by atoms with van der Waals surface area (Å²) in [5.41, 5.74) is 0.301. The Morgan fingerprint density at radius 1 is 1.47 bits per heavy atom. The van der Waals surface area contributed by atoms with E-state index in [0.717, 1.165) is 10.3 Å². The molecule has 5 heteroatoms. The van der Waals surface area contributed by atoms with Gasteiger partial charge >= 0.3 is 0 Å². The average molecular weight is 319 g/mol. The molecule has 1 fully saturated rings. The highest BCUT2D eigenvalue weighted by Gasteiger charge is 2.32. The second-order valence-corrected chi connectivity index (χ2v) is 6.46. The lowest BCUT2D eigenvalue weighted by atomic mass is 9.73. The van der Waals surface area contributed by atoms with Gasteiger partial charge in [0, 0.05) is 12.2 Å². The van der Waals surface area contributed by atoms with Crippen LogP contribution in [0.4, 0.5) is 5.82 Å². The molecule has 0 spiro atoms. The summed E-state index contributed by atoms with van der Waals surface area (Å²) in [4.78, 5) is 8.16. The van der Waals surface area contributed by atoms with E-state index in [4.69, 9.17) is 11.6 Å². The summed E-state index contributed by atoms with van der Waals surface area (Å²) in [7, 11) is 0. The minimum atomic E-state index is 0.282. The highest BCUT2D eigenvalue weighted by Crippen LogP contribution is 2.37. The van der Waals surface area contributed by atoms with Gasteiger partial charge in [0.1, 0.15) is 5.82 Å². The molecule has 1 aromatic heterocycles. The summed E-state index contributed by atoms with van der Waals surface area (Å²) in [6.45, 7) is 4.61. The highest BCUT2D eigenvalue weighted by molar-refractivity contribution is 9.10. The molecule has 0 bridgehead atoms. The lowest BCUT2D eigenvalue weighted by Gasteiger charge is -2.39. The minimum absolute atomic E-state index is 0.282. The zero-order chi connectivity index (χ0) is 12.5. The molecule has 1 unspecified atom stereocenters. The Kier molecular flexibility index (Phi) is 3.93. The van der Waals surface area contributed by atoms with Gasteiger partial charge in [0.05, 0.1) is 4.47 Å². The number of aromatic nitrogens is 2. The topological polar surface area (TPSA) is 37.8 Å². The lowest BCUT2D eigenvalue weighted by Crippen LogP contribution is -2.39. The van der Waals surface area contributed by atoms with Crippen molar-refractivity contribution in [2.24, 2.45) is 5.41 Å². The van der Waals surface area contributed by atoms with Crippen LogP contribution in [-0.2, 0) is 0 Å². The fourth-order valence-corrected chi connectivity index (χ4v) is 2.81. The Hall–Kier alpha value is -0.350. The second-order valence-electron chi connectivity index (χ2n) is 5.27. The quantitative estimate of drug-likeness (QED) is 0.827. The summed E-state index contributed by atoms with van der Waals surface area (Å²) >= 11 is 9.27. The van der Waals surface area contributed by atoms with Crippen molar-refractivity contribution < 1.29 is 0 Å². The Morgan fingerprint density at radius 2 is 2.24 bits per heavy atom. The first-order chi connectivity index (χ1) is 7.99. The van der Waals surface area contributed by atoms with Gasteiger partial charge in [-0.2, -0.15) is 4.98 Å². The molecular formula is C12H17BrClN3. The van der Waals surface area contributed by atoms with Crippen LogP contribution in [0.1, 0.15) is 39.5 Å². The number of anilines is 1. The first-order valence-electron chi connectivity index (χ1n) is 5.93. The van der Waals surface area contributed by atoms with Crippen LogP contribution in [0, 0.1) is 5.41 Å². The number of nitrogens with zero attached hydrogens (tertiary/aromatic N) is 2. The number of halogens is 2. The molecule has 3 nitrogen and oxygen atoms in total. The third-order valence-corrected chi connectivity index (χ3v) is 4.30. The van der Waals surface area contributed by atoms with Gasteiger partial charge in [-0.05, 0) is 45.8 Å². The molecule has 0 saturated heterocycles. The first kappa shape index (κ1) is 13.1. The monoisotopic (exact) mass is 317 g/mol. The SMILES string of the molecule is CC1(C)CCCCC1Nc1nc(Cl)ncc1Br. The molecule has 1 N–H and O–H groups in total. The van der Waals surface area contributed by atoms with Crippen molar-refractivity contribution in [2.45, 2.75) is 45.6 Å². The molecule has 0 radical (unpaired) electrons. The number of hydrogen-bond acceptors (Lipinski definition) is 3. The fourth-order valence-electron chi connectivity index (χ4n) is 2.37. The van der Waals surface area contributed by atoms with Crippen molar-refractivity contribution in [3.63, 3.8) is 0 Å². The smallest absolute Gasteiger partial charge is 0.224 e. The van der Waals surface area contributed by atoms with Crippen LogP contribution in [0.3, 0.4) is 0 Å². The van der Waals surface area contributed by atoms with Gasteiger partial charge in [-0.3, -0.25) is 0 Å². The van der Waals surface area contributed by atoms with E-state index in [0.29, 0.717) is 11.5 Å². The average Bonchev–Trinajstić information content (AvgIpc) is 2.26. The molecule has 2 rings (SSSR count). The Bertz CT molecular complexity index is 409. The van der Waals surface area contributed by atoms with Crippen molar-refractivity contribution in [3.8, 4) is 0 Å². The lowest BCUT2D eigenvalue weighted by molar-refractivity contribution is 0.216. The number of hydrogen-bond donors (Lipinski definition) is 1. The Balaban J connectivity index is 2.16. The predicted octanol–water partition coefficient (Wildman–Crippen LogP) is 4.27. The third kappa shape index (κ3) is 3.10. The number of rotatable bonds is 2. The van der Waals surface area contributed by atoms with E-state index in [1.807, 2.05) is 0 Å². The van der Waals surface area contributed by atoms with Gasteiger partial charge in [0.2, 0.25) is 5.28 Å². The van der Waals surface area contributed by atoms with Crippen molar-refractivity contribution in [1.29, 1.82) is 0 Å². The third-order valence-electron chi connectivity index (χ3n) is 3.53. The van der Waals surface area contributed by atoms with E-state index in [-0.39, 0.29) is 5.28 Å². The van der Waals surface area contributed by atoms with E-state index in [9.17, 15) is 0 Å². The first-order valence-corrected chi connectivity index (χ1v) is 7.11. The van der Waals surface area contributed by atoms with Crippen molar-refractivity contribution in [3.05, 3.63) is 16.0 Å². The van der Waals surface area contributed by atoms with Gasteiger partial charge in [-0.1, -0.05) is 26.7 Å². The van der Waals surface area contributed by atoms with E-state index in [2.05, 4.69) is 45.1 Å². The van der Waals surface area contributed by atoms with Crippen molar-refractivity contribution in [2.75, 3.05) is 5.32 Å². The molecule has 0 aromatic carbocycles. The maximum Gasteiger partial charge on any atom is 0.224 e. The largest absolute Gasteiger partial charge is 0.366 e.